The maximum absolute atomic E-state index is 12.9. The van der Waals surface area contributed by atoms with Gasteiger partial charge in [-0.25, -0.2) is 0 Å². The molecule has 1 amide bonds. The van der Waals surface area contributed by atoms with E-state index in [1.807, 2.05) is 36.4 Å². The van der Waals surface area contributed by atoms with Gasteiger partial charge in [-0.2, -0.15) is 9.78 Å². The quantitative estimate of drug-likeness (QED) is 0.399. The van der Waals surface area contributed by atoms with Crippen LogP contribution in [0.4, 0.5) is 5.69 Å². The van der Waals surface area contributed by atoms with E-state index in [0.717, 1.165) is 0 Å². The molecule has 0 fully saturated rings. The Labute approximate surface area is 172 Å². The van der Waals surface area contributed by atoms with Crippen molar-refractivity contribution in [1.29, 1.82) is 0 Å². The third-order valence-corrected chi connectivity index (χ3v) is 4.63. The van der Waals surface area contributed by atoms with Crippen molar-refractivity contribution in [1.82, 2.24) is 14.8 Å². The molecule has 0 aromatic heterocycles. The number of aromatic amines is 1. The Balaban J connectivity index is 1.80. The molecule has 0 bridgehead atoms. The first-order valence-electron chi connectivity index (χ1n) is 9.28. The number of aromatic nitrogens is 3. The van der Waals surface area contributed by atoms with E-state index in [0.29, 0.717) is 33.9 Å². The summed E-state index contributed by atoms with van der Waals surface area (Å²) in [6.45, 7) is 3.94. The van der Waals surface area contributed by atoms with E-state index in [9.17, 15) is 9.59 Å². The van der Waals surface area contributed by atoms with Gasteiger partial charge in [-0.1, -0.05) is 43.0 Å². The van der Waals surface area contributed by atoms with Gasteiger partial charge in [0.15, 0.2) is 0 Å². The molecule has 0 saturated heterocycles. The van der Waals surface area contributed by atoms with Gasteiger partial charge >= 0.3 is 0 Å². The van der Waals surface area contributed by atoms with Crippen molar-refractivity contribution >= 4 is 23.4 Å². The summed E-state index contributed by atoms with van der Waals surface area (Å²) in [6, 6.07) is 18.3. The summed E-state index contributed by atoms with van der Waals surface area (Å²) >= 11 is 0. The molecule has 0 saturated carbocycles. The standard InChI is InChI=1S/C23H19N5O2/c1-15(22(29)26-16-9-5-3-6-10-16)20-18(13-24-2)21-19(14-25-20)23(30)28(27-21)17-11-7-4-8-12-17/h3-14,25H,1H2,2H3,(H,26,29)/b24-13-. The number of hydrogen-bond acceptors (Lipinski definition) is 4. The van der Waals surface area contributed by atoms with Crippen LogP contribution >= 0.6 is 0 Å². The fourth-order valence-corrected chi connectivity index (χ4v) is 3.17. The van der Waals surface area contributed by atoms with Gasteiger partial charge in [0.05, 0.1) is 22.5 Å². The number of aliphatic imine (C=N–C) groups is 1. The predicted octanol–water partition coefficient (Wildman–Crippen LogP) is 3.37. The van der Waals surface area contributed by atoms with E-state index in [1.54, 1.807) is 43.7 Å². The molecule has 4 rings (SSSR count). The lowest BCUT2D eigenvalue weighted by atomic mass is 10.0. The molecular weight excluding hydrogens is 378 g/mol. The molecule has 2 N–H and O–H groups in total. The largest absolute Gasteiger partial charge is 0.360 e. The molecule has 148 valence electrons. The van der Waals surface area contributed by atoms with Crippen LogP contribution in [0.25, 0.3) is 22.5 Å². The molecule has 7 nitrogen and oxygen atoms in total. The van der Waals surface area contributed by atoms with E-state index in [4.69, 9.17) is 0 Å². The van der Waals surface area contributed by atoms with E-state index in [2.05, 4.69) is 27.0 Å². The predicted molar refractivity (Wildman–Crippen MR) is 118 cm³/mol. The second-order valence-electron chi connectivity index (χ2n) is 6.58. The fraction of sp³-hybridized carbons (Fsp3) is 0.0435. The van der Waals surface area contributed by atoms with Gasteiger partial charge in [0, 0.05) is 30.7 Å². The Kier molecular flexibility index (Phi) is 5.09. The van der Waals surface area contributed by atoms with Crippen molar-refractivity contribution in [3.8, 4) is 16.9 Å². The first-order chi connectivity index (χ1) is 14.6. The average Bonchev–Trinajstić information content (AvgIpc) is 3.12. The van der Waals surface area contributed by atoms with Crippen molar-refractivity contribution in [2.24, 2.45) is 4.99 Å². The molecule has 2 aromatic rings. The lowest BCUT2D eigenvalue weighted by Gasteiger charge is -2.12. The third kappa shape index (κ3) is 3.44. The summed E-state index contributed by atoms with van der Waals surface area (Å²) in [5, 5.41) is 7.32. The van der Waals surface area contributed by atoms with Crippen molar-refractivity contribution < 1.29 is 4.79 Å². The smallest absolute Gasteiger partial charge is 0.282 e. The number of hydrogen-bond donors (Lipinski definition) is 2. The zero-order chi connectivity index (χ0) is 21.1. The maximum atomic E-state index is 12.9. The Hall–Kier alpha value is -4.26. The summed E-state index contributed by atoms with van der Waals surface area (Å²) in [5.74, 6) is -0.368. The van der Waals surface area contributed by atoms with Crippen LogP contribution in [0.5, 0.6) is 0 Å². The number of amides is 1. The number of nitrogens with zero attached hydrogens (tertiary/aromatic N) is 3. The van der Waals surface area contributed by atoms with Gasteiger partial charge in [-0.3, -0.25) is 14.6 Å². The van der Waals surface area contributed by atoms with Gasteiger partial charge < -0.3 is 10.3 Å². The molecule has 2 aromatic carbocycles. The van der Waals surface area contributed by atoms with Crippen LogP contribution in [0.3, 0.4) is 0 Å². The zero-order valence-electron chi connectivity index (χ0n) is 16.3. The SMILES string of the molecule is C=C(C(=O)Nc1ccccc1)c1[nH]cc2c(=O)n(-c3ccccc3)nc-2c1/C=N\C. The number of carbonyl (C=O) groups excluding carboxylic acids is 1. The van der Waals surface area contributed by atoms with Crippen molar-refractivity contribution in [3.05, 3.63) is 95.1 Å². The summed E-state index contributed by atoms with van der Waals surface area (Å²) in [6.07, 6.45) is 3.12. The lowest BCUT2D eigenvalue weighted by Crippen LogP contribution is -2.16. The summed E-state index contributed by atoms with van der Waals surface area (Å²) in [5.41, 5.74) is 3.06. The Morgan fingerprint density at radius 2 is 1.80 bits per heavy atom. The molecular formula is C23H19N5O2. The normalized spacial score (nSPS) is 11.1. The number of para-hydroxylation sites is 2. The number of fused-ring (bicyclic) bond motifs is 1. The second-order valence-corrected chi connectivity index (χ2v) is 6.58. The minimum absolute atomic E-state index is 0.206. The Morgan fingerprint density at radius 1 is 1.13 bits per heavy atom. The fourth-order valence-electron chi connectivity index (χ4n) is 3.17. The van der Waals surface area contributed by atoms with Crippen LogP contribution in [0, 0.1) is 0 Å². The highest BCUT2D eigenvalue weighted by atomic mass is 16.2. The van der Waals surface area contributed by atoms with Crippen LogP contribution < -0.4 is 10.9 Å². The van der Waals surface area contributed by atoms with Gasteiger partial charge in [-0.15, -0.1) is 0 Å². The summed E-state index contributed by atoms with van der Waals surface area (Å²) in [7, 11) is 1.61. The van der Waals surface area contributed by atoms with E-state index in [1.165, 1.54) is 4.68 Å². The molecule has 0 aliphatic carbocycles. The number of carbonyl (C=O) groups is 1. The highest BCUT2D eigenvalue weighted by molar-refractivity contribution is 6.25. The molecule has 2 aliphatic heterocycles. The molecule has 0 radical (unpaired) electrons. The van der Waals surface area contributed by atoms with Crippen LogP contribution in [-0.4, -0.2) is 33.9 Å². The summed E-state index contributed by atoms with van der Waals surface area (Å²) in [4.78, 5) is 32.7. The Morgan fingerprint density at radius 3 is 2.47 bits per heavy atom. The molecule has 0 unspecified atom stereocenters. The summed E-state index contributed by atoms with van der Waals surface area (Å²) < 4.78 is 1.34. The van der Waals surface area contributed by atoms with Gasteiger partial charge in [0.1, 0.15) is 5.69 Å². The average molecular weight is 397 g/mol. The topological polar surface area (TPSA) is 92.1 Å². The van der Waals surface area contributed by atoms with Crippen LogP contribution in [0.2, 0.25) is 0 Å². The van der Waals surface area contributed by atoms with Gasteiger partial charge in [-0.05, 0) is 24.3 Å². The highest BCUT2D eigenvalue weighted by Crippen LogP contribution is 2.26. The minimum Gasteiger partial charge on any atom is -0.360 e. The van der Waals surface area contributed by atoms with Crippen LogP contribution in [0.15, 0.2) is 83.2 Å². The van der Waals surface area contributed by atoms with Crippen molar-refractivity contribution in [2.75, 3.05) is 12.4 Å². The van der Waals surface area contributed by atoms with Gasteiger partial charge in [0.2, 0.25) is 0 Å². The lowest BCUT2D eigenvalue weighted by molar-refractivity contribution is -0.111. The molecule has 7 heteroatoms. The number of rotatable bonds is 5. The zero-order valence-corrected chi connectivity index (χ0v) is 16.3. The maximum Gasteiger partial charge on any atom is 0.282 e. The van der Waals surface area contributed by atoms with Crippen LogP contribution in [0.1, 0.15) is 11.3 Å². The number of anilines is 1. The molecule has 2 aliphatic rings. The Bertz CT molecular complexity index is 1270. The van der Waals surface area contributed by atoms with Crippen molar-refractivity contribution in [2.45, 2.75) is 0 Å². The molecule has 0 atom stereocenters. The van der Waals surface area contributed by atoms with Crippen molar-refractivity contribution in [3.63, 3.8) is 0 Å². The van der Waals surface area contributed by atoms with E-state index in [-0.39, 0.29) is 17.0 Å². The molecule has 30 heavy (non-hydrogen) atoms. The number of nitrogens with one attached hydrogen (secondary N) is 2. The number of pyridine rings is 1. The molecule has 2 heterocycles. The number of H-pyrrole nitrogens is 1. The highest BCUT2D eigenvalue weighted by Gasteiger charge is 2.24. The van der Waals surface area contributed by atoms with Crippen LogP contribution in [-0.2, 0) is 4.79 Å². The first kappa shape index (κ1) is 19.1. The number of benzene rings is 2. The minimum atomic E-state index is -0.368. The van der Waals surface area contributed by atoms with Gasteiger partial charge in [0.25, 0.3) is 11.5 Å². The molecule has 0 spiro atoms. The van der Waals surface area contributed by atoms with E-state index < -0.39 is 0 Å². The monoisotopic (exact) mass is 397 g/mol. The second kappa shape index (κ2) is 8.00. The third-order valence-electron chi connectivity index (χ3n) is 4.63. The van der Waals surface area contributed by atoms with E-state index >= 15 is 0 Å². The first-order valence-corrected chi connectivity index (χ1v) is 9.28.